The number of fused-ring (bicyclic) bond motifs is 2. The van der Waals surface area contributed by atoms with Crippen molar-refractivity contribution in [2.75, 3.05) is 0 Å². The minimum absolute atomic E-state index is 0.0829. The van der Waals surface area contributed by atoms with Crippen molar-refractivity contribution >= 4 is 24.1 Å². The molecule has 0 aromatic rings. The Labute approximate surface area is 90.6 Å². The zero-order chi connectivity index (χ0) is 9.85. The number of aliphatic hydroxyl groups is 1. The average molecular weight is 268 g/mol. The Balaban J connectivity index is 2.39. The monoisotopic (exact) mass is 268 g/mol. The van der Waals surface area contributed by atoms with E-state index in [1.807, 2.05) is 0 Å². The number of rotatable bonds is 1. The molecule has 13 heavy (non-hydrogen) atoms. The van der Waals surface area contributed by atoms with Crippen LogP contribution < -0.4 is 0 Å². The Hall–Kier alpha value is 0.769. The predicted octanol–water partition coefficient (Wildman–Crippen LogP) is 2.45. The molecular formula is C10H17ClOSe. The van der Waals surface area contributed by atoms with E-state index in [2.05, 4.69) is 20.8 Å². The summed E-state index contributed by atoms with van der Waals surface area (Å²) in [6, 6.07) is 0. The van der Waals surface area contributed by atoms with Crippen LogP contribution in [0.25, 0.3) is 0 Å². The summed E-state index contributed by atoms with van der Waals surface area (Å²) in [5.41, 5.74) is 0.409. The van der Waals surface area contributed by atoms with Crippen molar-refractivity contribution in [3.8, 4) is 0 Å². The van der Waals surface area contributed by atoms with Gasteiger partial charge in [-0.2, -0.15) is 0 Å². The van der Waals surface area contributed by atoms with Crippen LogP contribution in [0.15, 0.2) is 0 Å². The Morgan fingerprint density at radius 1 is 1.38 bits per heavy atom. The molecule has 0 radical (unpaired) electrons. The van der Waals surface area contributed by atoms with E-state index in [0.717, 1.165) is 0 Å². The second-order valence-electron chi connectivity index (χ2n) is 5.28. The van der Waals surface area contributed by atoms with Gasteiger partial charge in [-0.15, -0.1) is 0 Å². The molecule has 0 aromatic heterocycles. The fraction of sp³-hybridized carbons (Fsp3) is 1.00. The van der Waals surface area contributed by atoms with Crippen molar-refractivity contribution in [1.82, 2.24) is 0 Å². The van der Waals surface area contributed by atoms with Crippen molar-refractivity contribution in [2.45, 2.75) is 44.5 Å². The van der Waals surface area contributed by atoms with Gasteiger partial charge in [0.2, 0.25) is 0 Å². The van der Waals surface area contributed by atoms with Gasteiger partial charge in [0.15, 0.2) is 0 Å². The standard InChI is InChI=1S/C10H17ClOSe/c1-9(2)6-4-5-10(9,3)8(12)7(6)13-11/h6-8,12H,4-5H2,1-3H3/t6-,7+,8-,10+/m1/s1. The van der Waals surface area contributed by atoms with Gasteiger partial charge in [0, 0.05) is 0 Å². The second-order valence-corrected chi connectivity index (χ2v) is 7.72. The van der Waals surface area contributed by atoms with E-state index in [-0.39, 0.29) is 31.0 Å². The zero-order valence-corrected chi connectivity index (χ0v) is 10.8. The van der Waals surface area contributed by atoms with Gasteiger partial charge in [0.25, 0.3) is 0 Å². The van der Waals surface area contributed by atoms with Crippen LogP contribution in [0.5, 0.6) is 0 Å². The first-order chi connectivity index (χ1) is 5.95. The van der Waals surface area contributed by atoms with Crippen LogP contribution in [0.1, 0.15) is 33.6 Å². The summed E-state index contributed by atoms with van der Waals surface area (Å²) in [5.74, 6) is 0.657. The van der Waals surface area contributed by atoms with Crippen LogP contribution in [-0.2, 0) is 0 Å². The number of halogens is 1. The molecule has 0 aromatic carbocycles. The Bertz CT molecular complexity index is 231. The molecule has 2 bridgehead atoms. The molecule has 0 spiro atoms. The molecule has 2 saturated carbocycles. The van der Waals surface area contributed by atoms with Gasteiger partial charge >= 0.3 is 90.5 Å². The summed E-state index contributed by atoms with van der Waals surface area (Å²) < 4.78 is 0. The average Bonchev–Trinajstić information content (AvgIpc) is 2.36. The van der Waals surface area contributed by atoms with Gasteiger partial charge in [-0.1, -0.05) is 0 Å². The molecule has 1 N–H and O–H groups in total. The zero-order valence-electron chi connectivity index (χ0n) is 8.38. The summed E-state index contributed by atoms with van der Waals surface area (Å²) in [6.45, 7) is 6.84. The molecule has 4 atom stereocenters. The van der Waals surface area contributed by atoms with Crippen molar-refractivity contribution in [1.29, 1.82) is 0 Å². The van der Waals surface area contributed by atoms with Crippen LogP contribution in [0.2, 0.25) is 4.82 Å². The summed E-state index contributed by atoms with van der Waals surface area (Å²) in [6.07, 6.45) is 2.29. The molecule has 0 aliphatic heterocycles. The van der Waals surface area contributed by atoms with Crippen LogP contribution in [0, 0.1) is 16.7 Å². The number of hydrogen-bond acceptors (Lipinski definition) is 1. The predicted molar refractivity (Wildman–Crippen MR) is 56.0 cm³/mol. The Morgan fingerprint density at radius 3 is 2.31 bits per heavy atom. The summed E-state index contributed by atoms with van der Waals surface area (Å²) in [7, 11) is 5.99. The van der Waals surface area contributed by atoms with Crippen LogP contribution >= 0.6 is 10.1 Å². The topological polar surface area (TPSA) is 20.2 Å². The normalized spacial score (nSPS) is 52.8. The third-order valence-corrected chi connectivity index (χ3v) is 7.57. The van der Waals surface area contributed by atoms with Gasteiger partial charge in [0.1, 0.15) is 0 Å². The van der Waals surface area contributed by atoms with Crippen molar-refractivity contribution < 1.29 is 5.11 Å². The van der Waals surface area contributed by atoms with Crippen molar-refractivity contribution in [2.24, 2.45) is 16.7 Å². The molecule has 0 amide bonds. The molecule has 0 heterocycles. The maximum absolute atomic E-state index is 10.2. The molecule has 2 aliphatic carbocycles. The van der Waals surface area contributed by atoms with Gasteiger partial charge in [-0.25, -0.2) is 0 Å². The summed E-state index contributed by atoms with van der Waals surface area (Å²) in [5, 5.41) is 10.2. The maximum atomic E-state index is 10.2. The SMILES string of the molecule is CC1(C)[C@@H]2CC[C@@]1(C)[C@H](O)[C@H]2[Se]Cl. The molecule has 0 saturated heterocycles. The van der Waals surface area contributed by atoms with Gasteiger partial charge in [-0.05, 0) is 0 Å². The van der Waals surface area contributed by atoms with Gasteiger partial charge < -0.3 is 0 Å². The Kier molecular flexibility index (Phi) is 2.28. The summed E-state index contributed by atoms with van der Waals surface area (Å²) in [4.78, 5) is 0.392. The molecule has 76 valence electrons. The van der Waals surface area contributed by atoms with Crippen LogP contribution in [-0.4, -0.2) is 25.3 Å². The molecule has 2 rings (SSSR count). The van der Waals surface area contributed by atoms with E-state index < -0.39 is 0 Å². The quantitative estimate of drug-likeness (QED) is 0.724. The fourth-order valence-corrected chi connectivity index (χ4v) is 6.61. The minimum atomic E-state index is -0.154. The molecule has 1 nitrogen and oxygen atoms in total. The first-order valence-electron chi connectivity index (χ1n) is 4.90. The van der Waals surface area contributed by atoms with Crippen LogP contribution in [0.4, 0.5) is 0 Å². The number of hydrogen-bond donors (Lipinski definition) is 1. The molecule has 2 fully saturated rings. The van der Waals surface area contributed by atoms with Gasteiger partial charge in [-0.3, -0.25) is 0 Å². The van der Waals surface area contributed by atoms with Crippen molar-refractivity contribution in [3.05, 3.63) is 0 Å². The van der Waals surface area contributed by atoms with Gasteiger partial charge in [0.05, 0.1) is 0 Å². The third-order valence-electron chi connectivity index (χ3n) is 4.84. The fourth-order valence-electron chi connectivity index (χ4n) is 3.36. The second kappa shape index (κ2) is 2.88. The van der Waals surface area contributed by atoms with Crippen molar-refractivity contribution in [3.63, 3.8) is 0 Å². The molecule has 3 heteroatoms. The van der Waals surface area contributed by atoms with E-state index in [1.54, 1.807) is 0 Å². The van der Waals surface area contributed by atoms with E-state index >= 15 is 0 Å². The van der Waals surface area contributed by atoms with Crippen LogP contribution in [0.3, 0.4) is 0 Å². The van der Waals surface area contributed by atoms with E-state index in [0.29, 0.717) is 10.7 Å². The number of aliphatic hydroxyl groups excluding tert-OH is 1. The van der Waals surface area contributed by atoms with E-state index in [9.17, 15) is 5.11 Å². The molecule has 0 unspecified atom stereocenters. The molecular weight excluding hydrogens is 251 g/mol. The summed E-state index contributed by atoms with van der Waals surface area (Å²) >= 11 is 0.0829. The third kappa shape index (κ3) is 1.04. The Morgan fingerprint density at radius 2 is 2.00 bits per heavy atom. The van der Waals surface area contributed by atoms with E-state index in [1.165, 1.54) is 12.8 Å². The van der Waals surface area contributed by atoms with E-state index in [4.69, 9.17) is 10.1 Å². The first kappa shape index (κ1) is 10.3. The molecule has 2 aliphatic rings. The first-order valence-corrected chi connectivity index (χ1v) is 8.14.